The average molecular weight is 226 g/mol. The fourth-order valence-corrected chi connectivity index (χ4v) is 2.06. The quantitative estimate of drug-likeness (QED) is 0.859. The van der Waals surface area contributed by atoms with Gasteiger partial charge in [-0.1, -0.05) is 12.1 Å². The Hall–Kier alpha value is -1.45. The SMILES string of the molecule is CC(F)(F)C1(c2cccc(C(=O)O)c2)CC1. The van der Waals surface area contributed by atoms with Crippen molar-refractivity contribution in [3.63, 3.8) is 0 Å². The first-order chi connectivity index (χ1) is 7.37. The standard InChI is InChI=1S/C12H12F2O2/c1-11(13,14)12(5-6-12)9-4-2-3-8(7-9)10(15)16/h2-4,7H,5-6H2,1H3,(H,15,16). The van der Waals surface area contributed by atoms with Gasteiger partial charge < -0.3 is 5.11 Å². The summed E-state index contributed by atoms with van der Waals surface area (Å²) in [5, 5.41) is 8.81. The number of carbonyl (C=O) groups is 1. The lowest BCUT2D eigenvalue weighted by atomic mass is 9.89. The van der Waals surface area contributed by atoms with Gasteiger partial charge in [0.25, 0.3) is 5.92 Å². The normalized spacial score (nSPS) is 18.2. The summed E-state index contributed by atoms with van der Waals surface area (Å²) in [7, 11) is 0. The largest absolute Gasteiger partial charge is 0.478 e. The third kappa shape index (κ3) is 1.58. The molecule has 0 radical (unpaired) electrons. The third-order valence-corrected chi connectivity index (χ3v) is 3.25. The molecule has 1 aliphatic rings. The summed E-state index contributed by atoms with van der Waals surface area (Å²) in [6.45, 7) is 0.896. The lowest BCUT2D eigenvalue weighted by molar-refractivity contribution is -0.0200. The zero-order chi connectivity index (χ0) is 12.0. The molecule has 0 aromatic heterocycles. The molecule has 0 aliphatic heterocycles. The van der Waals surface area contributed by atoms with Crippen LogP contribution in [-0.2, 0) is 5.41 Å². The number of aromatic carboxylic acids is 1. The van der Waals surface area contributed by atoms with E-state index in [2.05, 4.69) is 0 Å². The second-order valence-electron chi connectivity index (χ2n) is 4.36. The number of rotatable bonds is 3. The van der Waals surface area contributed by atoms with Crippen LogP contribution in [0.2, 0.25) is 0 Å². The number of alkyl halides is 2. The van der Waals surface area contributed by atoms with Crippen LogP contribution in [0.3, 0.4) is 0 Å². The minimum atomic E-state index is -2.80. The fraction of sp³-hybridized carbons (Fsp3) is 0.417. The monoisotopic (exact) mass is 226 g/mol. The molecule has 0 atom stereocenters. The Morgan fingerprint density at radius 3 is 2.50 bits per heavy atom. The van der Waals surface area contributed by atoms with Crippen LogP contribution in [0.5, 0.6) is 0 Å². The van der Waals surface area contributed by atoms with E-state index in [-0.39, 0.29) is 5.56 Å². The van der Waals surface area contributed by atoms with Gasteiger partial charge in [-0.3, -0.25) is 0 Å². The molecule has 2 rings (SSSR count). The van der Waals surface area contributed by atoms with Crippen LogP contribution < -0.4 is 0 Å². The number of hydrogen-bond acceptors (Lipinski definition) is 1. The molecule has 0 saturated heterocycles. The molecule has 0 heterocycles. The van der Waals surface area contributed by atoms with Crippen molar-refractivity contribution in [1.29, 1.82) is 0 Å². The summed E-state index contributed by atoms with van der Waals surface area (Å²) in [5.74, 6) is -3.89. The molecule has 2 nitrogen and oxygen atoms in total. The minimum absolute atomic E-state index is 0.0630. The van der Waals surface area contributed by atoms with Crippen molar-refractivity contribution in [2.24, 2.45) is 0 Å². The molecule has 1 aromatic carbocycles. The summed E-state index contributed by atoms with van der Waals surface area (Å²) in [6, 6.07) is 5.86. The maximum absolute atomic E-state index is 13.4. The number of carboxylic acid groups (broad SMARTS) is 1. The number of hydrogen-bond donors (Lipinski definition) is 1. The molecule has 0 bridgehead atoms. The first-order valence-corrected chi connectivity index (χ1v) is 5.08. The molecule has 1 aromatic rings. The maximum atomic E-state index is 13.4. The topological polar surface area (TPSA) is 37.3 Å². The van der Waals surface area contributed by atoms with Gasteiger partial charge in [-0.2, -0.15) is 0 Å². The molecular weight excluding hydrogens is 214 g/mol. The van der Waals surface area contributed by atoms with E-state index in [4.69, 9.17) is 5.11 Å². The zero-order valence-corrected chi connectivity index (χ0v) is 8.84. The highest BCUT2D eigenvalue weighted by atomic mass is 19.3. The Morgan fingerprint density at radius 2 is 2.06 bits per heavy atom. The highest BCUT2D eigenvalue weighted by molar-refractivity contribution is 5.87. The second-order valence-corrected chi connectivity index (χ2v) is 4.36. The molecule has 1 fully saturated rings. The first-order valence-electron chi connectivity index (χ1n) is 5.08. The summed E-state index contributed by atoms with van der Waals surface area (Å²) >= 11 is 0. The van der Waals surface area contributed by atoms with Crippen LogP contribution in [0.4, 0.5) is 8.78 Å². The van der Waals surface area contributed by atoms with E-state index in [1.165, 1.54) is 18.2 Å². The van der Waals surface area contributed by atoms with Crippen LogP contribution in [0.15, 0.2) is 24.3 Å². The Morgan fingerprint density at radius 1 is 1.44 bits per heavy atom. The van der Waals surface area contributed by atoms with Gasteiger partial charge in [0.15, 0.2) is 0 Å². The Balaban J connectivity index is 2.42. The van der Waals surface area contributed by atoms with Crippen molar-refractivity contribution in [3.05, 3.63) is 35.4 Å². The Kier molecular flexibility index (Phi) is 2.26. The van der Waals surface area contributed by atoms with E-state index < -0.39 is 17.3 Å². The lowest BCUT2D eigenvalue weighted by Gasteiger charge is -2.23. The van der Waals surface area contributed by atoms with Gasteiger partial charge in [0.1, 0.15) is 0 Å². The van der Waals surface area contributed by atoms with Gasteiger partial charge in [-0.25, -0.2) is 13.6 Å². The van der Waals surface area contributed by atoms with Crippen molar-refractivity contribution in [2.75, 3.05) is 0 Å². The van der Waals surface area contributed by atoms with Gasteiger partial charge in [-0.15, -0.1) is 0 Å². The van der Waals surface area contributed by atoms with Gasteiger partial charge in [0.05, 0.1) is 11.0 Å². The molecule has 16 heavy (non-hydrogen) atoms. The Labute approximate surface area is 91.9 Å². The third-order valence-electron chi connectivity index (χ3n) is 3.25. The first kappa shape index (κ1) is 11.0. The highest BCUT2D eigenvalue weighted by Gasteiger charge is 2.60. The summed E-state index contributed by atoms with van der Waals surface area (Å²) in [4.78, 5) is 10.8. The molecule has 4 heteroatoms. The average Bonchev–Trinajstić information content (AvgIpc) is 2.97. The molecule has 1 N–H and O–H groups in total. The van der Waals surface area contributed by atoms with E-state index >= 15 is 0 Å². The summed E-state index contributed by atoms with van der Waals surface area (Å²) < 4.78 is 26.9. The van der Waals surface area contributed by atoms with E-state index in [9.17, 15) is 13.6 Å². The maximum Gasteiger partial charge on any atom is 0.335 e. The van der Waals surface area contributed by atoms with E-state index in [0.29, 0.717) is 18.4 Å². The van der Waals surface area contributed by atoms with E-state index in [1.807, 2.05) is 0 Å². The van der Waals surface area contributed by atoms with Gasteiger partial charge in [0.2, 0.25) is 0 Å². The second kappa shape index (κ2) is 3.27. The van der Waals surface area contributed by atoms with Crippen LogP contribution in [0, 0.1) is 0 Å². The zero-order valence-electron chi connectivity index (χ0n) is 8.84. The fourth-order valence-electron chi connectivity index (χ4n) is 2.06. The predicted octanol–water partition coefficient (Wildman–Crippen LogP) is 3.07. The van der Waals surface area contributed by atoms with E-state index in [0.717, 1.165) is 6.92 Å². The van der Waals surface area contributed by atoms with Gasteiger partial charge in [-0.05, 0) is 30.5 Å². The van der Waals surface area contributed by atoms with Crippen LogP contribution >= 0.6 is 0 Å². The van der Waals surface area contributed by atoms with Gasteiger partial charge >= 0.3 is 5.97 Å². The molecular formula is C12H12F2O2. The van der Waals surface area contributed by atoms with Crippen LogP contribution in [0.1, 0.15) is 35.7 Å². The van der Waals surface area contributed by atoms with Crippen molar-refractivity contribution < 1.29 is 18.7 Å². The molecule has 0 unspecified atom stereocenters. The number of carboxylic acids is 1. The number of benzene rings is 1. The smallest absolute Gasteiger partial charge is 0.335 e. The Bertz CT molecular complexity index is 431. The van der Waals surface area contributed by atoms with Crippen molar-refractivity contribution in [2.45, 2.75) is 31.1 Å². The van der Waals surface area contributed by atoms with Crippen molar-refractivity contribution in [1.82, 2.24) is 0 Å². The van der Waals surface area contributed by atoms with E-state index in [1.54, 1.807) is 6.07 Å². The van der Waals surface area contributed by atoms with Crippen molar-refractivity contribution in [3.8, 4) is 0 Å². The van der Waals surface area contributed by atoms with Gasteiger partial charge in [0, 0.05) is 6.92 Å². The molecule has 0 amide bonds. The molecule has 86 valence electrons. The highest BCUT2D eigenvalue weighted by Crippen LogP contribution is 2.58. The minimum Gasteiger partial charge on any atom is -0.478 e. The predicted molar refractivity (Wildman–Crippen MR) is 54.9 cm³/mol. The van der Waals surface area contributed by atoms with Crippen LogP contribution in [-0.4, -0.2) is 17.0 Å². The summed E-state index contributed by atoms with van der Waals surface area (Å²) in [5.41, 5.74) is -0.647. The number of halogens is 2. The lowest BCUT2D eigenvalue weighted by Crippen LogP contribution is -2.30. The molecule has 1 saturated carbocycles. The molecule has 1 aliphatic carbocycles. The van der Waals surface area contributed by atoms with Crippen molar-refractivity contribution >= 4 is 5.97 Å². The van der Waals surface area contributed by atoms with Crippen LogP contribution in [0.25, 0.3) is 0 Å². The molecule has 0 spiro atoms. The summed E-state index contributed by atoms with van der Waals surface area (Å²) in [6.07, 6.45) is 0.832.